The second kappa shape index (κ2) is 5.49. The predicted octanol–water partition coefficient (Wildman–Crippen LogP) is 0.912. The fourth-order valence-corrected chi connectivity index (χ4v) is 1.76. The number of nitrogens with zero attached hydrogens (tertiary/aromatic N) is 2. The van der Waals surface area contributed by atoms with Crippen LogP contribution in [0.25, 0.3) is 5.69 Å². The van der Waals surface area contributed by atoms with Crippen LogP contribution < -0.4 is 0 Å². The molecular weight excluding hydrogens is 256 g/mol. The molecule has 1 heterocycles. The van der Waals surface area contributed by atoms with Crippen molar-refractivity contribution in [2.24, 2.45) is 0 Å². The summed E-state index contributed by atoms with van der Waals surface area (Å²) in [6, 6.07) is 7.09. The third-order valence-corrected chi connectivity index (χ3v) is 2.80. The first-order valence-corrected chi connectivity index (χ1v) is 5.77. The summed E-state index contributed by atoms with van der Waals surface area (Å²) < 4.78 is 1.54. The number of benzene rings is 1. The van der Waals surface area contributed by atoms with Crippen LogP contribution in [-0.4, -0.2) is 37.8 Å². The van der Waals surface area contributed by atoms with Crippen LogP contribution in [0.2, 0.25) is 5.02 Å². The Bertz CT molecular complexity index is 530. The second-order valence-corrected chi connectivity index (χ2v) is 4.33. The minimum atomic E-state index is -1.22. The standard InChI is InChI=1S/C12H13ClN2O3/c13-9-2-1-3-10(4-9)15-6-8(5-14-15)12(18)11(17)7-16/h1-6,11-12,16-18H,7H2. The zero-order chi connectivity index (χ0) is 13.1. The highest BCUT2D eigenvalue weighted by Gasteiger charge is 2.19. The summed E-state index contributed by atoms with van der Waals surface area (Å²) in [6.45, 7) is -0.510. The Morgan fingerprint density at radius 3 is 2.78 bits per heavy atom. The lowest BCUT2D eigenvalue weighted by atomic mass is 10.1. The number of aromatic nitrogens is 2. The van der Waals surface area contributed by atoms with Gasteiger partial charge in [-0.1, -0.05) is 17.7 Å². The van der Waals surface area contributed by atoms with Gasteiger partial charge in [0.25, 0.3) is 0 Å². The van der Waals surface area contributed by atoms with Gasteiger partial charge in [-0.15, -0.1) is 0 Å². The second-order valence-electron chi connectivity index (χ2n) is 3.89. The minimum absolute atomic E-state index is 0.427. The van der Waals surface area contributed by atoms with Crippen molar-refractivity contribution in [3.63, 3.8) is 0 Å². The van der Waals surface area contributed by atoms with Crippen molar-refractivity contribution in [3.8, 4) is 5.69 Å². The van der Waals surface area contributed by atoms with Crippen LogP contribution >= 0.6 is 11.6 Å². The van der Waals surface area contributed by atoms with Gasteiger partial charge < -0.3 is 15.3 Å². The molecule has 2 atom stereocenters. The van der Waals surface area contributed by atoms with Crippen LogP contribution in [0.5, 0.6) is 0 Å². The Morgan fingerprint density at radius 2 is 2.11 bits per heavy atom. The molecule has 96 valence electrons. The highest BCUT2D eigenvalue weighted by molar-refractivity contribution is 6.30. The maximum absolute atomic E-state index is 9.71. The van der Waals surface area contributed by atoms with E-state index in [1.807, 2.05) is 6.07 Å². The van der Waals surface area contributed by atoms with E-state index in [9.17, 15) is 10.2 Å². The molecule has 0 aliphatic rings. The molecule has 0 saturated carbocycles. The Labute approximate surface area is 109 Å². The summed E-state index contributed by atoms with van der Waals surface area (Å²) in [5.74, 6) is 0. The van der Waals surface area contributed by atoms with Gasteiger partial charge in [-0.25, -0.2) is 4.68 Å². The van der Waals surface area contributed by atoms with Gasteiger partial charge in [-0.2, -0.15) is 5.10 Å². The lowest BCUT2D eigenvalue weighted by molar-refractivity contribution is -0.0152. The summed E-state index contributed by atoms with van der Waals surface area (Å²) in [5.41, 5.74) is 1.18. The van der Waals surface area contributed by atoms with Gasteiger partial charge in [0.15, 0.2) is 0 Å². The molecule has 2 rings (SSSR count). The number of hydrogen-bond acceptors (Lipinski definition) is 4. The maximum atomic E-state index is 9.71. The summed E-state index contributed by atoms with van der Waals surface area (Å²) in [7, 11) is 0. The predicted molar refractivity (Wildman–Crippen MR) is 66.6 cm³/mol. The summed E-state index contributed by atoms with van der Waals surface area (Å²) in [6.07, 6.45) is 0.629. The molecule has 0 fully saturated rings. The fraction of sp³-hybridized carbons (Fsp3) is 0.250. The van der Waals surface area contributed by atoms with E-state index >= 15 is 0 Å². The smallest absolute Gasteiger partial charge is 0.110 e. The third kappa shape index (κ3) is 2.70. The van der Waals surface area contributed by atoms with Crippen LogP contribution in [0, 0.1) is 0 Å². The van der Waals surface area contributed by atoms with Crippen molar-refractivity contribution < 1.29 is 15.3 Å². The number of halogens is 1. The lowest BCUT2D eigenvalue weighted by Crippen LogP contribution is -2.21. The van der Waals surface area contributed by atoms with E-state index in [-0.39, 0.29) is 0 Å². The molecule has 2 aromatic rings. The fourth-order valence-electron chi connectivity index (χ4n) is 1.57. The molecule has 0 bridgehead atoms. The van der Waals surface area contributed by atoms with Crippen LogP contribution in [-0.2, 0) is 0 Å². The highest BCUT2D eigenvalue weighted by Crippen LogP contribution is 2.19. The molecule has 0 spiro atoms. The van der Waals surface area contributed by atoms with Crippen LogP contribution in [0.3, 0.4) is 0 Å². The highest BCUT2D eigenvalue weighted by atomic mass is 35.5. The molecule has 6 heteroatoms. The summed E-state index contributed by atoms with van der Waals surface area (Å²) in [5, 5.41) is 32.5. The quantitative estimate of drug-likeness (QED) is 0.770. The zero-order valence-corrected chi connectivity index (χ0v) is 10.2. The molecule has 3 N–H and O–H groups in total. The normalized spacial score (nSPS) is 14.4. The van der Waals surface area contributed by atoms with Crippen molar-refractivity contribution in [3.05, 3.63) is 47.2 Å². The Kier molecular flexibility index (Phi) is 3.98. The van der Waals surface area contributed by atoms with E-state index < -0.39 is 18.8 Å². The summed E-state index contributed by atoms with van der Waals surface area (Å²) >= 11 is 5.87. The van der Waals surface area contributed by atoms with Crippen molar-refractivity contribution in [2.75, 3.05) is 6.61 Å². The molecule has 0 aliphatic carbocycles. The van der Waals surface area contributed by atoms with Gasteiger partial charge in [0, 0.05) is 16.8 Å². The van der Waals surface area contributed by atoms with Gasteiger partial charge in [-0.05, 0) is 18.2 Å². The van der Waals surface area contributed by atoms with Gasteiger partial charge >= 0.3 is 0 Å². The topological polar surface area (TPSA) is 78.5 Å². The van der Waals surface area contributed by atoms with Crippen LogP contribution in [0.15, 0.2) is 36.7 Å². The van der Waals surface area contributed by atoms with Crippen LogP contribution in [0.1, 0.15) is 11.7 Å². The number of aliphatic hydroxyl groups is 3. The Morgan fingerprint density at radius 1 is 1.33 bits per heavy atom. The first-order valence-electron chi connectivity index (χ1n) is 5.39. The molecule has 2 unspecified atom stereocenters. The van der Waals surface area contributed by atoms with Crippen molar-refractivity contribution in [2.45, 2.75) is 12.2 Å². The van der Waals surface area contributed by atoms with E-state index in [0.29, 0.717) is 10.6 Å². The molecule has 0 saturated heterocycles. The third-order valence-electron chi connectivity index (χ3n) is 2.57. The van der Waals surface area contributed by atoms with E-state index in [1.54, 1.807) is 24.4 Å². The molecule has 0 radical (unpaired) electrons. The van der Waals surface area contributed by atoms with Gasteiger partial charge in [-0.3, -0.25) is 0 Å². The van der Waals surface area contributed by atoms with Gasteiger partial charge in [0.1, 0.15) is 12.2 Å². The first kappa shape index (κ1) is 13.0. The molecule has 1 aromatic carbocycles. The molecule has 0 aliphatic heterocycles. The molecule has 18 heavy (non-hydrogen) atoms. The molecule has 1 aromatic heterocycles. The molecule has 5 nitrogen and oxygen atoms in total. The van der Waals surface area contributed by atoms with Crippen molar-refractivity contribution in [1.82, 2.24) is 9.78 Å². The van der Waals surface area contributed by atoms with E-state index in [1.165, 1.54) is 10.9 Å². The van der Waals surface area contributed by atoms with E-state index in [2.05, 4.69) is 5.10 Å². The van der Waals surface area contributed by atoms with Crippen molar-refractivity contribution in [1.29, 1.82) is 0 Å². The zero-order valence-electron chi connectivity index (χ0n) is 9.44. The van der Waals surface area contributed by atoms with Crippen molar-refractivity contribution >= 4 is 11.6 Å². The van der Waals surface area contributed by atoms with E-state index in [0.717, 1.165) is 5.69 Å². The monoisotopic (exact) mass is 268 g/mol. The Hall–Kier alpha value is -1.40. The number of hydrogen-bond donors (Lipinski definition) is 3. The largest absolute Gasteiger partial charge is 0.394 e. The molecule has 0 amide bonds. The average molecular weight is 269 g/mol. The van der Waals surface area contributed by atoms with Gasteiger partial charge in [0.05, 0.1) is 18.5 Å². The lowest BCUT2D eigenvalue weighted by Gasteiger charge is -2.13. The molecular formula is C12H13ClN2O3. The SMILES string of the molecule is OCC(O)C(O)c1cnn(-c2cccc(Cl)c2)c1. The average Bonchev–Trinajstić information content (AvgIpc) is 2.86. The van der Waals surface area contributed by atoms with E-state index in [4.69, 9.17) is 16.7 Å². The summed E-state index contributed by atoms with van der Waals surface area (Å²) in [4.78, 5) is 0. The van der Waals surface area contributed by atoms with Crippen LogP contribution in [0.4, 0.5) is 0 Å². The number of aliphatic hydroxyl groups excluding tert-OH is 3. The maximum Gasteiger partial charge on any atom is 0.110 e. The Balaban J connectivity index is 2.25. The minimum Gasteiger partial charge on any atom is -0.394 e. The first-order chi connectivity index (χ1) is 8.61. The number of rotatable bonds is 4. The van der Waals surface area contributed by atoms with Gasteiger partial charge in [0.2, 0.25) is 0 Å².